The smallest absolute Gasteiger partial charge is 0.256 e. The standard InChI is InChI=1S/C24H33FN4O2/c1-17-20(18(2)28(4)26-17)13-14-27(3)23(30)10-9-19-11-15-29(16-12-19)24(31)21-7-5-6-8-22(21)25/h5-8,19H,9-16H2,1-4H3. The minimum absolute atomic E-state index is 0.136. The molecule has 0 unspecified atom stereocenters. The van der Waals surface area contributed by atoms with Crippen LogP contribution in [0.15, 0.2) is 24.3 Å². The molecule has 2 aromatic rings. The molecule has 7 heteroatoms. The van der Waals surface area contributed by atoms with E-state index in [9.17, 15) is 14.0 Å². The molecule has 2 heterocycles. The van der Waals surface area contributed by atoms with Gasteiger partial charge in [-0.2, -0.15) is 5.10 Å². The SMILES string of the molecule is Cc1nn(C)c(C)c1CCN(C)C(=O)CCC1CCN(C(=O)c2ccccc2F)CC1. The molecule has 2 amide bonds. The number of carbonyl (C=O) groups is 2. The molecule has 1 aromatic heterocycles. The van der Waals surface area contributed by atoms with E-state index in [1.54, 1.807) is 17.0 Å². The Kier molecular flexibility index (Phi) is 7.46. The molecule has 0 saturated carbocycles. The van der Waals surface area contributed by atoms with Gasteiger partial charge in [-0.25, -0.2) is 4.39 Å². The highest BCUT2D eigenvalue weighted by Crippen LogP contribution is 2.24. The fraction of sp³-hybridized carbons (Fsp3) is 0.542. The van der Waals surface area contributed by atoms with Crippen LogP contribution in [0.4, 0.5) is 4.39 Å². The summed E-state index contributed by atoms with van der Waals surface area (Å²) < 4.78 is 15.8. The minimum Gasteiger partial charge on any atom is -0.345 e. The molecule has 1 aliphatic heterocycles. The van der Waals surface area contributed by atoms with Gasteiger partial charge in [-0.1, -0.05) is 12.1 Å². The number of likely N-dealkylation sites (N-methyl/N-ethyl adjacent to an activating group) is 1. The maximum absolute atomic E-state index is 13.9. The van der Waals surface area contributed by atoms with Gasteiger partial charge in [0.1, 0.15) is 5.82 Å². The summed E-state index contributed by atoms with van der Waals surface area (Å²) in [7, 11) is 3.80. The van der Waals surface area contributed by atoms with Crippen LogP contribution in [0.3, 0.4) is 0 Å². The van der Waals surface area contributed by atoms with Crippen molar-refractivity contribution < 1.29 is 14.0 Å². The lowest BCUT2D eigenvalue weighted by atomic mass is 9.91. The van der Waals surface area contributed by atoms with Crippen molar-refractivity contribution in [1.82, 2.24) is 19.6 Å². The molecule has 6 nitrogen and oxygen atoms in total. The number of aromatic nitrogens is 2. The molecule has 31 heavy (non-hydrogen) atoms. The van der Waals surface area contributed by atoms with Crippen LogP contribution >= 0.6 is 0 Å². The van der Waals surface area contributed by atoms with Gasteiger partial charge in [0.25, 0.3) is 5.91 Å². The average Bonchev–Trinajstić information content (AvgIpc) is 3.01. The molecule has 0 radical (unpaired) electrons. The Morgan fingerprint density at radius 2 is 1.87 bits per heavy atom. The lowest BCUT2D eigenvalue weighted by Gasteiger charge is -2.32. The zero-order chi connectivity index (χ0) is 22.5. The predicted octanol–water partition coefficient (Wildman–Crippen LogP) is 3.51. The van der Waals surface area contributed by atoms with E-state index in [4.69, 9.17) is 0 Å². The van der Waals surface area contributed by atoms with E-state index in [2.05, 4.69) is 12.0 Å². The van der Waals surface area contributed by atoms with Crippen LogP contribution in [-0.4, -0.2) is 58.1 Å². The van der Waals surface area contributed by atoms with Gasteiger partial charge < -0.3 is 9.80 Å². The summed E-state index contributed by atoms with van der Waals surface area (Å²) in [4.78, 5) is 28.6. The number of likely N-dealkylation sites (tertiary alicyclic amines) is 1. The third kappa shape index (κ3) is 5.51. The Morgan fingerprint density at radius 3 is 2.48 bits per heavy atom. The summed E-state index contributed by atoms with van der Waals surface area (Å²) in [5, 5.41) is 4.44. The van der Waals surface area contributed by atoms with Gasteiger partial charge in [0.2, 0.25) is 5.91 Å². The number of aryl methyl sites for hydroxylation is 2. The van der Waals surface area contributed by atoms with E-state index in [1.165, 1.54) is 17.7 Å². The van der Waals surface area contributed by atoms with E-state index in [-0.39, 0.29) is 17.4 Å². The van der Waals surface area contributed by atoms with Crippen molar-refractivity contribution in [2.24, 2.45) is 13.0 Å². The number of benzene rings is 1. The monoisotopic (exact) mass is 428 g/mol. The highest BCUT2D eigenvalue weighted by atomic mass is 19.1. The first-order valence-corrected chi connectivity index (χ1v) is 11.0. The molecule has 1 aliphatic rings. The summed E-state index contributed by atoms with van der Waals surface area (Å²) in [6, 6.07) is 6.12. The van der Waals surface area contributed by atoms with Crippen molar-refractivity contribution in [1.29, 1.82) is 0 Å². The van der Waals surface area contributed by atoms with Crippen LogP contribution in [0, 0.1) is 25.6 Å². The Morgan fingerprint density at radius 1 is 1.19 bits per heavy atom. The topological polar surface area (TPSA) is 58.4 Å². The summed E-state index contributed by atoms with van der Waals surface area (Å²) in [6.07, 6.45) is 3.87. The maximum atomic E-state index is 13.9. The predicted molar refractivity (Wildman–Crippen MR) is 118 cm³/mol. The summed E-state index contributed by atoms with van der Waals surface area (Å²) in [5.41, 5.74) is 3.53. The fourth-order valence-electron chi connectivity index (χ4n) is 4.33. The zero-order valence-electron chi connectivity index (χ0n) is 19.0. The highest BCUT2D eigenvalue weighted by Gasteiger charge is 2.25. The van der Waals surface area contributed by atoms with Gasteiger partial charge in [-0.15, -0.1) is 0 Å². The van der Waals surface area contributed by atoms with E-state index in [0.29, 0.717) is 32.0 Å². The molecule has 3 rings (SSSR count). The summed E-state index contributed by atoms with van der Waals surface area (Å²) in [6.45, 7) is 5.97. The van der Waals surface area contributed by atoms with Crippen molar-refractivity contribution in [2.75, 3.05) is 26.7 Å². The van der Waals surface area contributed by atoms with Crippen LogP contribution in [0.1, 0.15) is 53.0 Å². The van der Waals surface area contributed by atoms with Gasteiger partial charge in [0, 0.05) is 45.8 Å². The van der Waals surface area contributed by atoms with E-state index in [0.717, 1.165) is 37.1 Å². The molecule has 0 aliphatic carbocycles. The summed E-state index contributed by atoms with van der Waals surface area (Å²) >= 11 is 0. The van der Waals surface area contributed by atoms with Gasteiger partial charge in [0.05, 0.1) is 11.3 Å². The molecule has 0 atom stereocenters. The molecule has 0 spiro atoms. The first-order valence-electron chi connectivity index (χ1n) is 11.0. The number of hydrogen-bond acceptors (Lipinski definition) is 3. The number of piperidine rings is 1. The van der Waals surface area contributed by atoms with Crippen molar-refractivity contribution >= 4 is 11.8 Å². The molecule has 0 N–H and O–H groups in total. The average molecular weight is 429 g/mol. The largest absolute Gasteiger partial charge is 0.345 e. The number of amides is 2. The van der Waals surface area contributed by atoms with Gasteiger partial charge >= 0.3 is 0 Å². The lowest BCUT2D eigenvalue weighted by molar-refractivity contribution is -0.130. The van der Waals surface area contributed by atoms with E-state index < -0.39 is 5.82 Å². The number of rotatable bonds is 7. The van der Waals surface area contributed by atoms with Crippen LogP contribution in [0.25, 0.3) is 0 Å². The van der Waals surface area contributed by atoms with Crippen molar-refractivity contribution in [3.8, 4) is 0 Å². The molecule has 0 bridgehead atoms. The molecular formula is C24H33FN4O2. The van der Waals surface area contributed by atoms with Crippen LogP contribution < -0.4 is 0 Å². The first-order chi connectivity index (χ1) is 14.8. The van der Waals surface area contributed by atoms with Crippen molar-refractivity contribution in [3.05, 3.63) is 52.6 Å². The van der Waals surface area contributed by atoms with Crippen LogP contribution in [0.2, 0.25) is 0 Å². The maximum Gasteiger partial charge on any atom is 0.256 e. The Balaban J connectivity index is 1.41. The van der Waals surface area contributed by atoms with Gasteiger partial charge in [0.15, 0.2) is 0 Å². The lowest BCUT2D eigenvalue weighted by Crippen LogP contribution is -2.39. The second kappa shape index (κ2) is 10.1. The zero-order valence-corrected chi connectivity index (χ0v) is 19.0. The quantitative estimate of drug-likeness (QED) is 0.678. The van der Waals surface area contributed by atoms with Crippen molar-refractivity contribution in [2.45, 2.75) is 46.0 Å². The first kappa shape index (κ1) is 23.0. The second-order valence-electron chi connectivity index (χ2n) is 8.59. The molecule has 1 aromatic carbocycles. The molecule has 1 fully saturated rings. The fourth-order valence-corrected chi connectivity index (χ4v) is 4.33. The molecular weight excluding hydrogens is 395 g/mol. The van der Waals surface area contributed by atoms with Crippen LogP contribution in [0.5, 0.6) is 0 Å². The number of carbonyl (C=O) groups excluding carboxylic acids is 2. The van der Waals surface area contributed by atoms with E-state index >= 15 is 0 Å². The molecule has 1 saturated heterocycles. The van der Waals surface area contributed by atoms with Crippen LogP contribution in [-0.2, 0) is 18.3 Å². The molecule has 168 valence electrons. The highest BCUT2D eigenvalue weighted by molar-refractivity contribution is 5.94. The second-order valence-corrected chi connectivity index (χ2v) is 8.59. The number of nitrogens with zero attached hydrogens (tertiary/aromatic N) is 4. The van der Waals surface area contributed by atoms with E-state index in [1.807, 2.05) is 30.6 Å². The third-order valence-corrected chi connectivity index (χ3v) is 6.55. The Bertz CT molecular complexity index is 932. The number of halogens is 1. The Labute approximate surface area is 184 Å². The van der Waals surface area contributed by atoms with Crippen molar-refractivity contribution in [3.63, 3.8) is 0 Å². The van der Waals surface area contributed by atoms with Gasteiger partial charge in [-0.05, 0) is 63.1 Å². The Hall–Kier alpha value is -2.70. The summed E-state index contributed by atoms with van der Waals surface area (Å²) in [5.74, 6) is -0.137. The third-order valence-electron chi connectivity index (χ3n) is 6.55. The minimum atomic E-state index is -0.472. The normalized spacial score (nSPS) is 14.7. The van der Waals surface area contributed by atoms with Gasteiger partial charge in [-0.3, -0.25) is 14.3 Å². The number of hydrogen-bond donors (Lipinski definition) is 0.